The van der Waals surface area contributed by atoms with Gasteiger partial charge >= 0.3 is 5.69 Å². The maximum atomic E-state index is 13.5. The van der Waals surface area contributed by atoms with Gasteiger partial charge in [-0.1, -0.05) is 13.0 Å². The molecule has 0 fully saturated rings. The lowest BCUT2D eigenvalue weighted by Crippen LogP contribution is -2.31. The number of aromatic nitrogens is 2. The molecule has 0 atom stereocenters. The first-order chi connectivity index (χ1) is 8.97. The van der Waals surface area contributed by atoms with E-state index in [1.54, 1.807) is 6.92 Å². The lowest BCUT2D eigenvalue weighted by Gasteiger charge is -2.13. The Balaban J connectivity index is 2.87. The van der Waals surface area contributed by atoms with Gasteiger partial charge in [-0.25, -0.2) is 13.8 Å². The minimum Gasteiger partial charge on any atom is -0.494 e. The SMILES string of the molecule is CCc1c(O)n(-c2cccc(F)c2C)c(=O)[nH]c1=O. The molecular formula is C13H13FN2O3. The fourth-order valence-corrected chi connectivity index (χ4v) is 1.94. The Kier molecular flexibility index (Phi) is 3.25. The van der Waals surface area contributed by atoms with Crippen LogP contribution in [0.25, 0.3) is 5.69 Å². The second-order valence-corrected chi connectivity index (χ2v) is 4.13. The largest absolute Gasteiger partial charge is 0.494 e. The van der Waals surface area contributed by atoms with Gasteiger partial charge in [0, 0.05) is 5.56 Å². The van der Waals surface area contributed by atoms with Crippen LogP contribution in [0.3, 0.4) is 0 Å². The van der Waals surface area contributed by atoms with Gasteiger partial charge in [0.1, 0.15) is 5.82 Å². The highest BCUT2D eigenvalue weighted by atomic mass is 19.1. The second kappa shape index (κ2) is 4.72. The predicted octanol–water partition coefficient (Wildman–Crippen LogP) is 1.24. The smallest absolute Gasteiger partial charge is 0.335 e. The van der Waals surface area contributed by atoms with Gasteiger partial charge in [0.15, 0.2) is 0 Å². The summed E-state index contributed by atoms with van der Waals surface area (Å²) in [5, 5.41) is 10.0. The van der Waals surface area contributed by atoms with Crippen molar-refractivity contribution in [1.29, 1.82) is 0 Å². The van der Waals surface area contributed by atoms with E-state index in [9.17, 15) is 19.1 Å². The molecular weight excluding hydrogens is 251 g/mol. The summed E-state index contributed by atoms with van der Waals surface area (Å²) in [6, 6.07) is 4.19. The van der Waals surface area contributed by atoms with Gasteiger partial charge in [0.25, 0.3) is 5.56 Å². The number of hydrogen-bond donors (Lipinski definition) is 2. The van der Waals surface area contributed by atoms with Crippen LogP contribution in [-0.4, -0.2) is 14.7 Å². The molecule has 0 saturated carbocycles. The maximum Gasteiger partial charge on any atom is 0.335 e. The summed E-state index contributed by atoms with van der Waals surface area (Å²) in [5.74, 6) is -0.946. The van der Waals surface area contributed by atoms with E-state index >= 15 is 0 Å². The zero-order chi connectivity index (χ0) is 14.2. The zero-order valence-electron chi connectivity index (χ0n) is 10.5. The minimum atomic E-state index is -0.798. The normalized spacial score (nSPS) is 10.7. The van der Waals surface area contributed by atoms with Gasteiger partial charge in [-0.15, -0.1) is 0 Å². The monoisotopic (exact) mass is 264 g/mol. The van der Waals surface area contributed by atoms with E-state index in [1.807, 2.05) is 0 Å². The molecule has 1 aromatic carbocycles. The van der Waals surface area contributed by atoms with Crippen LogP contribution in [-0.2, 0) is 6.42 Å². The third-order valence-corrected chi connectivity index (χ3v) is 3.01. The van der Waals surface area contributed by atoms with Crippen molar-refractivity contribution < 1.29 is 9.50 Å². The number of halogens is 1. The molecule has 2 aromatic rings. The molecule has 5 nitrogen and oxygen atoms in total. The summed E-state index contributed by atoms with van der Waals surface area (Å²) < 4.78 is 14.4. The highest BCUT2D eigenvalue weighted by molar-refractivity contribution is 5.44. The molecule has 0 saturated heterocycles. The van der Waals surface area contributed by atoms with Crippen molar-refractivity contribution in [2.24, 2.45) is 0 Å². The Morgan fingerprint density at radius 1 is 1.37 bits per heavy atom. The summed E-state index contributed by atoms with van der Waals surface area (Å²) in [6.07, 6.45) is 0.260. The molecule has 0 amide bonds. The topological polar surface area (TPSA) is 75.1 Å². The Labute approximate surface area is 108 Å². The number of rotatable bonds is 2. The number of H-pyrrole nitrogens is 1. The first kappa shape index (κ1) is 13.1. The van der Waals surface area contributed by atoms with Crippen molar-refractivity contribution in [3.8, 4) is 11.6 Å². The zero-order valence-corrected chi connectivity index (χ0v) is 10.5. The van der Waals surface area contributed by atoms with Crippen molar-refractivity contribution in [2.75, 3.05) is 0 Å². The van der Waals surface area contributed by atoms with Crippen molar-refractivity contribution in [1.82, 2.24) is 9.55 Å². The van der Waals surface area contributed by atoms with Crippen molar-refractivity contribution in [2.45, 2.75) is 20.3 Å². The average molecular weight is 264 g/mol. The van der Waals surface area contributed by atoms with Crippen LogP contribution in [0.15, 0.2) is 27.8 Å². The van der Waals surface area contributed by atoms with Gasteiger partial charge in [-0.3, -0.25) is 9.78 Å². The number of nitrogens with zero attached hydrogens (tertiary/aromatic N) is 1. The maximum absolute atomic E-state index is 13.5. The standard InChI is InChI=1S/C13H13FN2O3/c1-3-8-11(17)15-13(19)16(12(8)18)10-6-4-5-9(14)7(10)2/h4-6,18H,3H2,1-2H3,(H,15,17,19). The van der Waals surface area contributed by atoms with E-state index in [1.165, 1.54) is 25.1 Å². The van der Waals surface area contributed by atoms with Crippen LogP contribution in [0.5, 0.6) is 5.88 Å². The quantitative estimate of drug-likeness (QED) is 0.857. The molecule has 1 aromatic heterocycles. The Hall–Kier alpha value is -2.37. The molecule has 0 aliphatic rings. The van der Waals surface area contributed by atoms with Gasteiger partial charge in [0.05, 0.1) is 11.3 Å². The van der Waals surface area contributed by atoms with E-state index in [0.29, 0.717) is 0 Å². The first-order valence-corrected chi connectivity index (χ1v) is 5.80. The lowest BCUT2D eigenvalue weighted by atomic mass is 10.1. The number of hydrogen-bond acceptors (Lipinski definition) is 3. The van der Waals surface area contributed by atoms with Crippen LogP contribution in [0.1, 0.15) is 18.1 Å². The second-order valence-electron chi connectivity index (χ2n) is 4.13. The predicted molar refractivity (Wildman–Crippen MR) is 68.4 cm³/mol. The summed E-state index contributed by atoms with van der Waals surface area (Å²) in [5.41, 5.74) is -0.922. The van der Waals surface area contributed by atoms with Gasteiger partial charge < -0.3 is 5.11 Å². The molecule has 0 bridgehead atoms. The molecule has 1 heterocycles. The fourth-order valence-electron chi connectivity index (χ4n) is 1.94. The summed E-state index contributed by atoms with van der Waals surface area (Å²) >= 11 is 0. The Morgan fingerprint density at radius 3 is 2.68 bits per heavy atom. The molecule has 0 spiro atoms. The molecule has 2 N–H and O–H groups in total. The van der Waals surface area contributed by atoms with Crippen molar-refractivity contribution in [3.05, 3.63) is 56.0 Å². The number of aromatic hydroxyl groups is 1. The highest BCUT2D eigenvalue weighted by Gasteiger charge is 2.16. The molecule has 2 rings (SSSR count). The van der Waals surface area contributed by atoms with E-state index in [4.69, 9.17) is 0 Å². The van der Waals surface area contributed by atoms with Gasteiger partial charge in [0.2, 0.25) is 5.88 Å². The summed E-state index contributed by atoms with van der Waals surface area (Å²) in [6.45, 7) is 3.17. The first-order valence-electron chi connectivity index (χ1n) is 5.80. The third-order valence-electron chi connectivity index (χ3n) is 3.01. The van der Waals surface area contributed by atoms with Crippen molar-refractivity contribution >= 4 is 0 Å². The Bertz CT molecular complexity index is 747. The van der Waals surface area contributed by atoms with E-state index in [-0.39, 0.29) is 23.2 Å². The molecule has 0 aliphatic carbocycles. The van der Waals surface area contributed by atoms with E-state index in [0.717, 1.165) is 4.57 Å². The van der Waals surface area contributed by atoms with Crippen LogP contribution in [0, 0.1) is 12.7 Å². The molecule has 0 radical (unpaired) electrons. The molecule has 0 aliphatic heterocycles. The molecule has 100 valence electrons. The summed E-state index contributed by atoms with van der Waals surface area (Å²) in [7, 11) is 0. The third kappa shape index (κ3) is 2.05. The van der Waals surface area contributed by atoms with Crippen LogP contribution in [0.4, 0.5) is 4.39 Å². The molecule has 0 unspecified atom stereocenters. The lowest BCUT2D eigenvalue weighted by molar-refractivity contribution is 0.423. The van der Waals surface area contributed by atoms with Crippen LogP contribution < -0.4 is 11.2 Å². The summed E-state index contributed by atoms with van der Waals surface area (Å²) in [4.78, 5) is 25.5. The number of benzene rings is 1. The molecule has 6 heteroatoms. The van der Waals surface area contributed by atoms with E-state index < -0.39 is 22.9 Å². The fraction of sp³-hybridized carbons (Fsp3) is 0.231. The van der Waals surface area contributed by atoms with Crippen LogP contribution in [0.2, 0.25) is 0 Å². The minimum absolute atomic E-state index is 0.0864. The Morgan fingerprint density at radius 2 is 2.05 bits per heavy atom. The number of aromatic amines is 1. The van der Waals surface area contributed by atoms with Crippen molar-refractivity contribution in [3.63, 3.8) is 0 Å². The van der Waals surface area contributed by atoms with E-state index in [2.05, 4.69) is 4.98 Å². The van der Waals surface area contributed by atoms with Gasteiger partial charge in [-0.2, -0.15) is 0 Å². The molecule has 19 heavy (non-hydrogen) atoms. The highest BCUT2D eigenvalue weighted by Crippen LogP contribution is 2.21. The van der Waals surface area contributed by atoms with Gasteiger partial charge in [-0.05, 0) is 25.5 Å². The van der Waals surface area contributed by atoms with Crippen LogP contribution >= 0.6 is 0 Å². The average Bonchev–Trinajstić information content (AvgIpc) is 2.34. The number of nitrogens with one attached hydrogen (secondary N) is 1.